The number of esters is 1. The summed E-state index contributed by atoms with van der Waals surface area (Å²) in [6.07, 6.45) is 0.816. The topological polar surface area (TPSA) is 84.5 Å². The maximum Gasteiger partial charge on any atom is 0.328 e. The Bertz CT molecular complexity index is 655. The summed E-state index contributed by atoms with van der Waals surface area (Å²) in [5.74, 6) is -0.959. The van der Waals surface area contributed by atoms with Crippen molar-refractivity contribution in [2.24, 2.45) is 5.92 Å². The fourth-order valence-electron chi connectivity index (χ4n) is 2.72. The van der Waals surface area contributed by atoms with Crippen molar-refractivity contribution < 1.29 is 19.1 Å². The molecule has 2 N–H and O–H groups in total. The van der Waals surface area contributed by atoms with Crippen molar-refractivity contribution in [1.29, 1.82) is 0 Å². The van der Waals surface area contributed by atoms with Gasteiger partial charge >= 0.3 is 5.97 Å². The number of amides is 2. The minimum Gasteiger partial charge on any atom is -0.467 e. The van der Waals surface area contributed by atoms with E-state index in [1.54, 1.807) is 0 Å². The number of ether oxygens (including phenoxy) is 1. The normalized spacial score (nSPS) is 13.0. The van der Waals surface area contributed by atoms with Gasteiger partial charge in [0.25, 0.3) is 0 Å². The molecule has 26 heavy (non-hydrogen) atoms. The molecular weight excluding hydrogens is 332 g/mol. The molecule has 1 rings (SSSR count). The Morgan fingerprint density at radius 2 is 1.69 bits per heavy atom. The molecule has 1 aromatic carbocycles. The minimum absolute atomic E-state index is 0.217. The van der Waals surface area contributed by atoms with E-state index in [9.17, 15) is 14.4 Å². The summed E-state index contributed by atoms with van der Waals surface area (Å²) in [7, 11) is 1.29. The zero-order valence-corrected chi connectivity index (χ0v) is 16.5. The van der Waals surface area contributed by atoms with E-state index in [1.165, 1.54) is 14.0 Å². The van der Waals surface area contributed by atoms with Gasteiger partial charge in [-0.15, -0.1) is 0 Å². The largest absolute Gasteiger partial charge is 0.467 e. The van der Waals surface area contributed by atoms with Crippen molar-refractivity contribution in [3.63, 3.8) is 0 Å². The molecular formula is C20H30N2O4. The van der Waals surface area contributed by atoms with Crippen LogP contribution < -0.4 is 10.6 Å². The quantitative estimate of drug-likeness (QED) is 0.693. The first kappa shape index (κ1) is 21.7. The van der Waals surface area contributed by atoms with Gasteiger partial charge in [-0.2, -0.15) is 0 Å². The molecule has 0 saturated heterocycles. The highest BCUT2D eigenvalue weighted by Gasteiger charge is 2.27. The van der Waals surface area contributed by atoms with Gasteiger partial charge in [0.15, 0.2) is 0 Å². The van der Waals surface area contributed by atoms with Crippen molar-refractivity contribution in [3.05, 3.63) is 34.9 Å². The molecule has 6 heteroatoms. The summed E-state index contributed by atoms with van der Waals surface area (Å²) < 4.78 is 4.84. The Hall–Kier alpha value is -2.37. The Balaban J connectivity index is 2.93. The van der Waals surface area contributed by atoms with Crippen molar-refractivity contribution in [1.82, 2.24) is 10.6 Å². The fraction of sp³-hybridized carbons (Fsp3) is 0.550. The number of rotatable bonds is 8. The van der Waals surface area contributed by atoms with E-state index in [1.807, 2.05) is 45.9 Å². The van der Waals surface area contributed by atoms with Crippen LogP contribution in [-0.4, -0.2) is 37.0 Å². The fourth-order valence-corrected chi connectivity index (χ4v) is 2.72. The highest BCUT2D eigenvalue weighted by molar-refractivity contribution is 5.90. The third-order valence-corrected chi connectivity index (χ3v) is 4.21. The highest BCUT2D eigenvalue weighted by Crippen LogP contribution is 2.13. The van der Waals surface area contributed by atoms with Gasteiger partial charge in [0, 0.05) is 13.3 Å². The van der Waals surface area contributed by atoms with Crippen molar-refractivity contribution >= 4 is 17.8 Å². The predicted octanol–water partition coefficient (Wildman–Crippen LogP) is 2.05. The van der Waals surface area contributed by atoms with Gasteiger partial charge in [-0.25, -0.2) is 4.79 Å². The van der Waals surface area contributed by atoms with Gasteiger partial charge in [-0.1, -0.05) is 32.0 Å². The average Bonchev–Trinajstić information content (AvgIpc) is 2.55. The van der Waals surface area contributed by atoms with Gasteiger partial charge < -0.3 is 15.4 Å². The van der Waals surface area contributed by atoms with Gasteiger partial charge in [0.2, 0.25) is 11.8 Å². The molecule has 0 fully saturated rings. The van der Waals surface area contributed by atoms with E-state index in [0.29, 0.717) is 12.8 Å². The molecule has 0 heterocycles. The number of benzene rings is 1. The maximum absolute atomic E-state index is 12.6. The van der Waals surface area contributed by atoms with Crippen LogP contribution in [0.4, 0.5) is 0 Å². The van der Waals surface area contributed by atoms with Gasteiger partial charge in [-0.3, -0.25) is 9.59 Å². The van der Waals surface area contributed by atoms with Crippen LogP contribution in [0.1, 0.15) is 43.9 Å². The first-order chi connectivity index (χ1) is 12.1. The number of methoxy groups -OCH3 is 1. The lowest BCUT2D eigenvalue weighted by Crippen LogP contribution is -2.52. The van der Waals surface area contributed by atoms with Crippen LogP contribution in [0, 0.1) is 19.8 Å². The highest BCUT2D eigenvalue weighted by atomic mass is 16.5. The van der Waals surface area contributed by atoms with Crippen LogP contribution in [0.5, 0.6) is 0 Å². The zero-order chi connectivity index (χ0) is 19.9. The van der Waals surface area contributed by atoms with Crippen molar-refractivity contribution in [3.8, 4) is 0 Å². The van der Waals surface area contributed by atoms with E-state index in [-0.39, 0.29) is 17.7 Å². The zero-order valence-electron chi connectivity index (χ0n) is 16.5. The standard InChI is InChI=1S/C20H30N2O4/c1-12(2)9-17(21-15(5)23)19(24)22-18(20(25)26-6)11-16-8-7-13(3)14(4)10-16/h7-8,10,12,17-18H,9,11H2,1-6H3,(H,21,23)(H,22,24)/t17-,18-/m0/s1. The number of carbonyl (C=O) groups excluding carboxylic acids is 3. The van der Waals surface area contributed by atoms with Gasteiger partial charge in [0.1, 0.15) is 12.1 Å². The van der Waals surface area contributed by atoms with Crippen molar-refractivity contribution in [2.45, 2.75) is 59.5 Å². The molecule has 0 aromatic heterocycles. The van der Waals surface area contributed by atoms with Crippen LogP contribution >= 0.6 is 0 Å². The number of hydrogen-bond donors (Lipinski definition) is 2. The Labute approximate surface area is 155 Å². The SMILES string of the molecule is COC(=O)[C@H](Cc1ccc(C)c(C)c1)NC(=O)[C@H](CC(C)C)NC(C)=O. The lowest BCUT2D eigenvalue weighted by atomic mass is 9.99. The lowest BCUT2D eigenvalue weighted by Gasteiger charge is -2.23. The summed E-state index contributed by atoms with van der Waals surface area (Å²) in [6.45, 7) is 9.32. The van der Waals surface area contributed by atoms with E-state index >= 15 is 0 Å². The Morgan fingerprint density at radius 1 is 1.04 bits per heavy atom. The summed E-state index contributed by atoms with van der Waals surface area (Å²) in [5.41, 5.74) is 3.21. The van der Waals surface area contributed by atoms with Gasteiger partial charge in [-0.05, 0) is 42.9 Å². The molecule has 2 atom stereocenters. The summed E-state index contributed by atoms with van der Waals surface area (Å²) in [5, 5.41) is 5.38. The maximum atomic E-state index is 12.6. The molecule has 0 saturated carbocycles. The molecule has 0 aliphatic carbocycles. The molecule has 0 spiro atoms. The van der Waals surface area contributed by atoms with E-state index in [0.717, 1.165) is 16.7 Å². The van der Waals surface area contributed by atoms with Gasteiger partial charge in [0.05, 0.1) is 7.11 Å². The molecule has 0 aliphatic heterocycles. The predicted molar refractivity (Wildman–Crippen MR) is 101 cm³/mol. The number of hydrogen-bond acceptors (Lipinski definition) is 4. The number of nitrogens with one attached hydrogen (secondary N) is 2. The first-order valence-electron chi connectivity index (χ1n) is 8.85. The summed E-state index contributed by atoms with van der Waals surface area (Å²) >= 11 is 0. The Kier molecular flexibility index (Phi) is 8.29. The molecule has 0 bridgehead atoms. The monoisotopic (exact) mass is 362 g/mol. The lowest BCUT2D eigenvalue weighted by molar-refractivity contribution is -0.145. The molecule has 2 amide bonds. The molecule has 144 valence electrons. The van der Waals surface area contributed by atoms with Crippen LogP contribution in [0.15, 0.2) is 18.2 Å². The van der Waals surface area contributed by atoms with Crippen LogP contribution in [-0.2, 0) is 25.5 Å². The van der Waals surface area contributed by atoms with E-state index in [2.05, 4.69) is 10.6 Å². The van der Waals surface area contributed by atoms with Crippen LogP contribution in [0.3, 0.4) is 0 Å². The Morgan fingerprint density at radius 3 is 2.19 bits per heavy atom. The molecule has 0 unspecified atom stereocenters. The third-order valence-electron chi connectivity index (χ3n) is 4.21. The third kappa shape index (κ3) is 6.86. The number of carbonyl (C=O) groups is 3. The first-order valence-corrected chi connectivity index (χ1v) is 8.85. The van der Waals surface area contributed by atoms with E-state index in [4.69, 9.17) is 4.74 Å². The van der Waals surface area contributed by atoms with Crippen molar-refractivity contribution in [2.75, 3.05) is 7.11 Å². The smallest absolute Gasteiger partial charge is 0.328 e. The molecule has 6 nitrogen and oxygen atoms in total. The summed E-state index contributed by atoms with van der Waals surface area (Å²) in [6, 6.07) is 4.43. The number of aryl methyl sites for hydroxylation is 2. The molecule has 0 radical (unpaired) electrons. The molecule has 1 aromatic rings. The minimum atomic E-state index is -0.807. The van der Waals surface area contributed by atoms with Crippen LogP contribution in [0.25, 0.3) is 0 Å². The second-order valence-electron chi connectivity index (χ2n) is 7.09. The van der Waals surface area contributed by atoms with E-state index < -0.39 is 18.1 Å². The second kappa shape index (κ2) is 9.94. The summed E-state index contributed by atoms with van der Waals surface area (Å²) in [4.78, 5) is 36.2. The molecule has 0 aliphatic rings. The van der Waals surface area contributed by atoms with Crippen LogP contribution in [0.2, 0.25) is 0 Å². The second-order valence-corrected chi connectivity index (χ2v) is 7.09. The average molecular weight is 362 g/mol.